The summed E-state index contributed by atoms with van der Waals surface area (Å²) >= 11 is 1.42. The van der Waals surface area contributed by atoms with E-state index in [-0.39, 0.29) is 5.91 Å². The quantitative estimate of drug-likeness (QED) is 0.548. The van der Waals surface area contributed by atoms with Gasteiger partial charge in [0.1, 0.15) is 0 Å². The Morgan fingerprint density at radius 1 is 1.10 bits per heavy atom. The summed E-state index contributed by atoms with van der Waals surface area (Å²) in [5.74, 6) is 1.15. The summed E-state index contributed by atoms with van der Waals surface area (Å²) in [7, 11) is 4.03. The van der Waals surface area contributed by atoms with Crippen molar-refractivity contribution < 1.29 is 4.79 Å². The Morgan fingerprint density at radius 3 is 2.62 bits per heavy atom. The van der Waals surface area contributed by atoms with Gasteiger partial charge in [-0.25, -0.2) is 0 Å². The molecule has 1 amide bonds. The molecule has 0 spiro atoms. The maximum atomic E-state index is 12.2. The molecule has 1 heterocycles. The number of benzene rings is 2. The molecule has 3 rings (SSSR count). The third-order valence-corrected chi connectivity index (χ3v) is 5.53. The Labute approximate surface area is 176 Å². The van der Waals surface area contributed by atoms with Gasteiger partial charge in [-0.1, -0.05) is 54.2 Å². The third-order valence-electron chi connectivity index (χ3n) is 4.56. The molecule has 0 aliphatic heterocycles. The number of hydrogen-bond acceptors (Lipinski definition) is 5. The maximum Gasteiger partial charge on any atom is 0.230 e. The number of anilines is 1. The minimum absolute atomic E-state index is 0.00717. The van der Waals surface area contributed by atoms with E-state index in [2.05, 4.69) is 56.2 Å². The van der Waals surface area contributed by atoms with Gasteiger partial charge < -0.3 is 14.8 Å². The highest BCUT2D eigenvalue weighted by atomic mass is 32.2. The Kier molecular flexibility index (Phi) is 7.30. The molecule has 0 atom stereocenters. The summed E-state index contributed by atoms with van der Waals surface area (Å²) < 4.78 is 2.05. The lowest BCUT2D eigenvalue weighted by Crippen LogP contribution is -2.27. The van der Waals surface area contributed by atoms with Crippen LogP contribution in [0.4, 0.5) is 5.69 Å². The van der Waals surface area contributed by atoms with Crippen molar-refractivity contribution in [1.29, 1.82) is 0 Å². The van der Waals surface area contributed by atoms with E-state index in [9.17, 15) is 4.79 Å². The van der Waals surface area contributed by atoms with Crippen molar-refractivity contribution in [3.05, 3.63) is 60.2 Å². The molecule has 1 N–H and O–H groups in total. The molecule has 0 saturated carbocycles. The van der Waals surface area contributed by atoms with Crippen LogP contribution in [0.5, 0.6) is 0 Å². The number of aromatic nitrogens is 3. The van der Waals surface area contributed by atoms with Gasteiger partial charge in [0, 0.05) is 38.4 Å². The predicted octanol–water partition coefficient (Wildman–Crippen LogP) is 3.48. The van der Waals surface area contributed by atoms with Crippen molar-refractivity contribution in [3.8, 4) is 11.4 Å². The zero-order valence-electron chi connectivity index (χ0n) is 17.1. The predicted molar refractivity (Wildman–Crippen MR) is 119 cm³/mol. The van der Waals surface area contributed by atoms with Gasteiger partial charge in [-0.2, -0.15) is 0 Å². The number of carbonyl (C=O) groups excluding carboxylic acids is 1. The summed E-state index contributed by atoms with van der Waals surface area (Å²) in [6.07, 6.45) is 0.828. The van der Waals surface area contributed by atoms with Crippen molar-refractivity contribution in [2.75, 3.05) is 31.3 Å². The van der Waals surface area contributed by atoms with Crippen LogP contribution >= 0.6 is 11.8 Å². The van der Waals surface area contributed by atoms with E-state index in [1.807, 2.05) is 44.4 Å². The number of thioether (sulfide) groups is 1. The van der Waals surface area contributed by atoms with E-state index in [0.717, 1.165) is 35.2 Å². The molecule has 2 aromatic carbocycles. The van der Waals surface area contributed by atoms with E-state index in [1.54, 1.807) is 0 Å². The molecule has 7 heteroatoms. The Morgan fingerprint density at radius 2 is 1.90 bits per heavy atom. The highest BCUT2D eigenvalue weighted by molar-refractivity contribution is 7.99. The van der Waals surface area contributed by atoms with E-state index < -0.39 is 0 Å². The minimum Gasteiger partial charge on any atom is -0.378 e. The van der Waals surface area contributed by atoms with Gasteiger partial charge >= 0.3 is 0 Å². The summed E-state index contributed by atoms with van der Waals surface area (Å²) in [4.78, 5) is 14.3. The summed E-state index contributed by atoms with van der Waals surface area (Å²) in [5.41, 5.74) is 3.35. The molecule has 3 aromatic rings. The normalized spacial score (nSPS) is 10.7. The van der Waals surface area contributed by atoms with Gasteiger partial charge in [0.05, 0.1) is 5.75 Å². The second kappa shape index (κ2) is 10.1. The van der Waals surface area contributed by atoms with E-state index in [4.69, 9.17) is 0 Å². The van der Waals surface area contributed by atoms with Crippen LogP contribution in [0.15, 0.2) is 59.8 Å². The van der Waals surface area contributed by atoms with E-state index in [0.29, 0.717) is 12.3 Å². The third kappa shape index (κ3) is 5.60. The SMILES string of the molecule is CCn1c(SCC(=O)NCCc2ccccc2)nnc1-c1cccc(N(C)C)c1. The number of nitrogens with zero attached hydrogens (tertiary/aromatic N) is 4. The molecule has 0 saturated heterocycles. The number of amides is 1. The maximum absolute atomic E-state index is 12.2. The molecule has 0 unspecified atom stereocenters. The molecule has 152 valence electrons. The summed E-state index contributed by atoms with van der Waals surface area (Å²) in [6, 6.07) is 18.4. The van der Waals surface area contributed by atoms with Gasteiger partial charge in [-0.15, -0.1) is 10.2 Å². The monoisotopic (exact) mass is 409 g/mol. The molecule has 0 bridgehead atoms. The van der Waals surface area contributed by atoms with Crippen LogP contribution in [-0.4, -0.2) is 47.1 Å². The van der Waals surface area contributed by atoms with Crippen LogP contribution < -0.4 is 10.2 Å². The molecule has 0 fully saturated rings. The Hall–Kier alpha value is -2.80. The first kappa shape index (κ1) is 20.9. The van der Waals surface area contributed by atoms with Crippen molar-refractivity contribution in [2.24, 2.45) is 0 Å². The molecule has 1 aromatic heterocycles. The average molecular weight is 410 g/mol. The number of nitrogens with one attached hydrogen (secondary N) is 1. The van der Waals surface area contributed by atoms with Gasteiger partial charge in [0.15, 0.2) is 11.0 Å². The van der Waals surface area contributed by atoms with Crippen molar-refractivity contribution in [2.45, 2.75) is 25.0 Å². The summed E-state index contributed by atoms with van der Waals surface area (Å²) in [5, 5.41) is 12.4. The molecule has 0 radical (unpaired) electrons. The number of carbonyl (C=O) groups is 1. The highest BCUT2D eigenvalue weighted by Crippen LogP contribution is 2.26. The van der Waals surface area contributed by atoms with E-state index >= 15 is 0 Å². The molecular weight excluding hydrogens is 382 g/mol. The smallest absolute Gasteiger partial charge is 0.230 e. The van der Waals surface area contributed by atoms with Gasteiger partial charge in [0.2, 0.25) is 5.91 Å². The topological polar surface area (TPSA) is 63.1 Å². The van der Waals surface area contributed by atoms with Crippen molar-refractivity contribution in [3.63, 3.8) is 0 Å². The fraction of sp³-hybridized carbons (Fsp3) is 0.318. The van der Waals surface area contributed by atoms with E-state index in [1.165, 1.54) is 17.3 Å². The lowest BCUT2D eigenvalue weighted by Gasteiger charge is -2.14. The van der Waals surface area contributed by atoms with Gasteiger partial charge in [-0.05, 0) is 31.0 Å². The van der Waals surface area contributed by atoms with Crippen LogP contribution in [-0.2, 0) is 17.8 Å². The lowest BCUT2D eigenvalue weighted by molar-refractivity contribution is -0.118. The second-order valence-corrected chi connectivity index (χ2v) is 7.81. The largest absolute Gasteiger partial charge is 0.378 e. The van der Waals surface area contributed by atoms with Crippen molar-refractivity contribution in [1.82, 2.24) is 20.1 Å². The Balaban J connectivity index is 1.59. The molecule has 6 nitrogen and oxygen atoms in total. The van der Waals surface area contributed by atoms with Crippen LogP contribution in [0.3, 0.4) is 0 Å². The van der Waals surface area contributed by atoms with Crippen LogP contribution in [0.25, 0.3) is 11.4 Å². The molecular formula is C22H27N5OS. The van der Waals surface area contributed by atoms with Gasteiger partial charge in [-0.3, -0.25) is 4.79 Å². The first-order valence-corrected chi connectivity index (χ1v) is 10.7. The fourth-order valence-electron chi connectivity index (χ4n) is 2.99. The standard InChI is InChI=1S/C22H27N5OS/c1-4-27-21(18-11-8-12-19(15-18)26(2)3)24-25-22(27)29-16-20(28)23-14-13-17-9-6-5-7-10-17/h5-12,15H,4,13-14,16H2,1-3H3,(H,23,28). The molecule has 0 aliphatic rings. The van der Waals surface area contributed by atoms with Crippen LogP contribution in [0.1, 0.15) is 12.5 Å². The second-order valence-electron chi connectivity index (χ2n) is 6.87. The minimum atomic E-state index is 0.00717. The first-order valence-electron chi connectivity index (χ1n) is 9.73. The molecule has 29 heavy (non-hydrogen) atoms. The van der Waals surface area contributed by atoms with Crippen LogP contribution in [0.2, 0.25) is 0 Å². The van der Waals surface area contributed by atoms with Gasteiger partial charge in [0.25, 0.3) is 0 Å². The first-order chi connectivity index (χ1) is 14.1. The lowest BCUT2D eigenvalue weighted by atomic mass is 10.1. The van der Waals surface area contributed by atoms with Crippen LogP contribution in [0, 0.1) is 0 Å². The number of hydrogen-bond donors (Lipinski definition) is 1. The highest BCUT2D eigenvalue weighted by Gasteiger charge is 2.15. The zero-order valence-corrected chi connectivity index (χ0v) is 17.9. The zero-order chi connectivity index (χ0) is 20.6. The average Bonchev–Trinajstić information content (AvgIpc) is 3.16. The summed E-state index contributed by atoms with van der Waals surface area (Å²) in [6.45, 7) is 3.44. The molecule has 0 aliphatic carbocycles. The Bertz CT molecular complexity index is 939. The fourth-order valence-corrected chi connectivity index (χ4v) is 3.82. The van der Waals surface area contributed by atoms with Crippen molar-refractivity contribution >= 4 is 23.4 Å². The number of rotatable bonds is 9.